The van der Waals surface area contributed by atoms with E-state index >= 15 is 0 Å². The second-order valence-corrected chi connectivity index (χ2v) is 8.86. The molecule has 4 aromatic rings. The number of hydrogen-bond donors (Lipinski definition) is 0. The average Bonchev–Trinajstić information content (AvgIpc) is 2.85. The summed E-state index contributed by atoms with van der Waals surface area (Å²) in [5.74, 6) is 0.503. The van der Waals surface area contributed by atoms with Gasteiger partial charge in [0, 0.05) is 12.1 Å². The maximum absolute atomic E-state index is 13.7. The Morgan fingerprint density at radius 2 is 1.56 bits per heavy atom. The van der Waals surface area contributed by atoms with E-state index in [4.69, 9.17) is 4.98 Å². The Bertz CT molecular complexity index is 1360. The lowest BCUT2D eigenvalue weighted by Gasteiger charge is -2.31. The molecule has 0 saturated carbocycles. The van der Waals surface area contributed by atoms with Crippen molar-refractivity contribution in [3.63, 3.8) is 0 Å². The van der Waals surface area contributed by atoms with E-state index in [1.165, 1.54) is 0 Å². The molecule has 0 N–H and O–H groups in total. The molecule has 1 heterocycles. The Morgan fingerprint density at radius 3 is 2.21 bits per heavy atom. The van der Waals surface area contributed by atoms with Crippen LogP contribution in [-0.4, -0.2) is 26.9 Å². The summed E-state index contributed by atoms with van der Waals surface area (Å²) in [4.78, 5) is 34.1. The molecule has 0 aliphatic heterocycles. The lowest BCUT2D eigenvalue weighted by atomic mass is 10.1. The van der Waals surface area contributed by atoms with E-state index in [1.54, 1.807) is 10.6 Å². The molecular weight excluding hydrogens is 422 g/mol. The Morgan fingerprint density at radius 1 is 0.941 bits per heavy atom. The Balaban J connectivity index is 1.88. The number of aryl methyl sites for hydroxylation is 2. The molecule has 174 valence electrons. The topological polar surface area (TPSA) is 55.2 Å². The van der Waals surface area contributed by atoms with Gasteiger partial charge in [0.2, 0.25) is 0 Å². The summed E-state index contributed by atoms with van der Waals surface area (Å²) in [6.45, 7) is 8.67. The van der Waals surface area contributed by atoms with E-state index in [1.807, 2.05) is 92.4 Å². The molecule has 0 bridgehead atoms. The van der Waals surface area contributed by atoms with Gasteiger partial charge in [-0.3, -0.25) is 14.2 Å². The molecule has 1 unspecified atom stereocenters. The molecule has 0 spiro atoms. The zero-order valence-electron chi connectivity index (χ0n) is 20.3. The summed E-state index contributed by atoms with van der Waals surface area (Å²) in [5.41, 5.74) is 4.10. The number of amides is 1. The van der Waals surface area contributed by atoms with Crippen LogP contribution in [-0.2, 0) is 0 Å². The van der Waals surface area contributed by atoms with Gasteiger partial charge in [-0.15, -0.1) is 0 Å². The molecule has 34 heavy (non-hydrogen) atoms. The van der Waals surface area contributed by atoms with Crippen LogP contribution in [0.25, 0.3) is 16.6 Å². The SMILES string of the molecule is CCCCN(C(=O)c1ccc(C)cc1)C(C)c1nc2ccccc2c(=O)n1-c1ccc(C)cc1. The number of unbranched alkanes of at least 4 members (excludes halogenated alkanes) is 1. The Labute approximate surface area is 200 Å². The summed E-state index contributed by atoms with van der Waals surface area (Å²) in [7, 11) is 0. The number of carbonyl (C=O) groups is 1. The van der Waals surface area contributed by atoms with Gasteiger partial charge < -0.3 is 4.90 Å². The van der Waals surface area contributed by atoms with Crippen molar-refractivity contribution in [3.8, 4) is 5.69 Å². The number of hydrogen-bond acceptors (Lipinski definition) is 3. The van der Waals surface area contributed by atoms with Crippen molar-refractivity contribution in [3.05, 3.63) is 106 Å². The van der Waals surface area contributed by atoms with Gasteiger partial charge in [-0.25, -0.2) is 4.98 Å². The zero-order valence-corrected chi connectivity index (χ0v) is 20.3. The first-order chi connectivity index (χ1) is 16.4. The van der Waals surface area contributed by atoms with Gasteiger partial charge in [0.1, 0.15) is 5.82 Å². The van der Waals surface area contributed by atoms with Crippen molar-refractivity contribution in [2.24, 2.45) is 0 Å². The summed E-state index contributed by atoms with van der Waals surface area (Å²) in [6.07, 6.45) is 1.82. The smallest absolute Gasteiger partial charge is 0.266 e. The third kappa shape index (κ3) is 4.65. The number of para-hydroxylation sites is 1. The molecule has 4 rings (SSSR count). The normalized spacial score (nSPS) is 12.0. The minimum Gasteiger partial charge on any atom is -0.329 e. The third-order valence-corrected chi connectivity index (χ3v) is 6.25. The van der Waals surface area contributed by atoms with Crippen LogP contribution < -0.4 is 5.56 Å². The first kappa shape index (κ1) is 23.4. The van der Waals surface area contributed by atoms with Crippen molar-refractivity contribution in [2.75, 3.05) is 6.54 Å². The van der Waals surface area contributed by atoms with Crippen molar-refractivity contribution < 1.29 is 4.79 Å². The van der Waals surface area contributed by atoms with Gasteiger partial charge in [-0.1, -0.05) is 60.9 Å². The van der Waals surface area contributed by atoms with Crippen molar-refractivity contribution in [2.45, 2.75) is 46.6 Å². The monoisotopic (exact) mass is 453 g/mol. The van der Waals surface area contributed by atoms with Crippen molar-refractivity contribution >= 4 is 16.8 Å². The van der Waals surface area contributed by atoms with Crippen LogP contribution in [0.15, 0.2) is 77.6 Å². The molecule has 1 aromatic heterocycles. The molecule has 0 fully saturated rings. The quantitative estimate of drug-likeness (QED) is 0.344. The fourth-order valence-electron chi connectivity index (χ4n) is 4.17. The Hall–Kier alpha value is -3.73. The van der Waals surface area contributed by atoms with Gasteiger partial charge in [0.05, 0.1) is 22.6 Å². The summed E-state index contributed by atoms with van der Waals surface area (Å²) in [6, 6.07) is 22.4. The molecule has 0 aliphatic rings. The van der Waals surface area contributed by atoms with Crippen molar-refractivity contribution in [1.82, 2.24) is 14.5 Å². The number of benzene rings is 3. The van der Waals surface area contributed by atoms with E-state index in [0.29, 0.717) is 28.8 Å². The van der Waals surface area contributed by atoms with E-state index < -0.39 is 6.04 Å². The minimum absolute atomic E-state index is 0.0567. The number of fused-ring (bicyclic) bond motifs is 1. The molecule has 1 amide bonds. The molecule has 0 radical (unpaired) electrons. The maximum Gasteiger partial charge on any atom is 0.266 e. The first-order valence-electron chi connectivity index (χ1n) is 11.9. The first-order valence-corrected chi connectivity index (χ1v) is 11.9. The molecule has 0 aliphatic carbocycles. The van der Waals surface area contributed by atoms with Crippen LogP contribution in [0.5, 0.6) is 0 Å². The molecule has 0 saturated heterocycles. The highest BCUT2D eigenvalue weighted by atomic mass is 16.2. The minimum atomic E-state index is -0.404. The molecule has 5 nitrogen and oxygen atoms in total. The third-order valence-electron chi connectivity index (χ3n) is 6.25. The second kappa shape index (κ2) is 10.0. The zero-order chi connectivity index (χ0) is 24.2. The fourth-order valence-corrected chi connectivity index (χ4v) is 4.17. The van der Waals surface area contributed by atoms with Gasteiger partial charge in [-0.2, -0.15) is 0 Å². The van der Waals surface area contributed by atoms with Crippen LogP contribution in [0.1, 0.15) is 60.0 Å². The number of aromatic nitrogens is 2. The van der Waals surface area contributed by atoms with Gasteiger partial charge >= 0.3 is 0 Å². The molecule has 5 heteroatoms. The van der Waals surface area contributed by atoms with E-state index in [0.717, 1.165) is 29.7 Å². The molecule has 3 aromatic carbocycles. The summed E-state index contributed by atoms with van der Waals surface area (Å²) in [5, 5.41) is 0.559. The average molecular weight is 454 g/mol. The van der Waals surface area contributed by atoms with Gasteiger partial charge in [-0.05, 0) is 63.6 Å². The Kier molecular flexibility index (Phi) is 6.92. The number of carbonyl (C=O) groups excluding carboxylic acids is 1. The maximum atomic E-state index is 13.7. The van der Waals surface area contributed by atoms with E-state index in [2.05, 4.69) is 6.92 Å². The van der Waals surface area contributed by atoms with Crippen LogP contribution in [0.3, 0.4) is 0 Å². The standard InChI is InChI=1S/C29H31N3O2/c1-5-6-19-31(28(33)23-15-11-20(2)12-16-23)22(4)27-30-26-10-8-7-9-25(26)29(34)32(27)24-17-13-21(3)14-18-24/h7-18,22H,5-6,19H2,1-4H3. The lowest BCUT2D eigenvalue weighted by Crippen LogP contribution is -2.38. The van der Waals surface area contributed by atoms with Gasteiger partial charge in [0.15, 0.2) is 0 Å². The number of rotatable bonds is 7. The van der Waals surface area contributed by atoms with Crippen LogP contribution in [0, 0.1) is 13.8 Å². The number of nitrogens with zero attached hydrogens (tertiary/aromatic N) is 3. The van der Waals surface area contributed by atoms with Crippen molar-refractivity contribution in [1.29, 1.82) is 0 Å². The van der Waals surface area contributed by atoms with E-state index in [9.17, 15) is 9.59 Å². The lowest BCUT2D eigenvalue weighted by molar-refractivity contribution is 0.0678. The van der Waals surface area contributed by atoms with E-state index in [-0.39, 0.29) is 11.5 Å². The van der Waals surface area contributed by atoms with Crippen LogP contribution in [0.2, 0.25) is 0 Å². The summed E-state index contributed by atoms with van der Waals surface area (Å²) >= 11 is 0. The highest BCUT2D eigenvalue weighted by molar-refractivity contribution is 5.94. The predicted octanol–water partition coefficient (Wildman–Crippen LogP) is 6.01. The highest BCUT2D eigenvalue weighted by Gasteiger charge is 2.27. The summed E-state index contributed by atoms with van der Waals surface area (Å²) < 4.78 is 1.66. The van der Waals surface area contributed by atoms with Crippen LogP contribution >= 0.6 is 0 Å². The largest absolute Gasteiger partial charge is 0.329 e. The molecule has 1 atom stereocenters. The fraction of sp³-hybridized carbons (Fsp3) is 0.276. The van der Waals surface area contributed by atoms with Gasteiger partial charge in [0.25, 0.3) is 11.5 Å². The second-order valence-electron chi connectivity index (χ2n) is 8.86. The highest BCUT2D eigenvalue weighted by Crippen LogP contribution is 2.25. The molecular formula is C29H31N3O2. The predicted molar refractivity (Wildman–Crippen MR) is 138 cm³/mol. The van der Waals surface area contributed by atoms with Crippen LogP contribution in [0.4, 0.5) is 0 Å².